The number of carbonyl (C=O) groups is 8. The molecule has 4 heterocycles. The van der Waals surface area contributed by atoms with Gasteiger partial charge in [-0.3, -0.25) is 47.7 Å². The Hall–Kier alpha value is -6.69. The normalized spacial score (nSPS) is 24.2. The van der Waals surface area contributed by atoms with Crippen LogP contribution in [0.5, 0.6) is 0 Å². The van der Waals surface area contributed by atoms with E-state index >= 15 is 4.79 Å². The highest BCUT2D eigenvalue weighted by atomic mass is 79.9. The van der Waals surface area contributed by atoms with Crippen molar-refractivity contribution in [2.45, 2.75) is 121 Å². The summed E-state index contributed by atoms with van der Waals surface area (Å²) in [6.07, 6.45) is -14.7. The summed E-state index contributed by atoms with van der Waals surface area (Å²) in [6.45, 7) is 6.71. The lowest BCUT2D eigenvalue weighted by Crippen LogP contribution is -2.62. The number of halogens is 1. The molecule has 68 heavy (non-hydrogen) atoms. The standard InChI is InChI=1S/C42H43BrN4O20S/c1-17(48)57-14-28-33(60-19(3)50)35(62-21(5)52)37(64-23(7)54)40(66-28)47-39(56)27(13-44)30(31-32(59-16-45-31)25-9-11-26(43)12-10-25)46-42(47)68-41-38(65-24(8)55)36(63-22(6)53)34(61-20(4)51)29(67-41)15-58-18(2)49/h9-12,16,28-29,33-38,40-41H,14-15H2,1-8H3/t28-,29-,33-,34-,35+,36+,37-,38-,40-,41+/m1/s1. The highest BCUT2D eigenvalue weighted by molar-refractivity contribution is 9.10. The number of benzene rings is 1. The second kappa shape index (κ2) is 22.9. The Balaban J connectivity index is 1.87. The van der Waals surface area contributed by atoms with Gasteiger partial charge in [0, 0.05) is 65.4 Å². The number of nitriles is 1. The van der Waals surface area contributed by atoms with Crippen molar-refractivity contribution in [3.05, 3.63) is 51.0 Å². The van der Waals surface area contributed by atoms with E-state index in [1.165, 1.54) is 0 Å². The van der Waals surface area contributed by atoms with E-state index in [-0.39, 0.29) is 11.5 Å². The minimum absolute atomic E-state index is 0.0224. The summed E-state index contributed by atoms with van der Waals surface area (Å²) in [5, 5.41) is 10.2. The summed E-state index contributed by atoms with van der Waals surface area (Å²) >= 11 is 3.81. The fraction of sp³-hybridized carbons (Fsp3) is 0.476. The fourth-order valence-electron chi connectivity index (χ4n) is 7.12. The van der Waals surface area contributed by atoms with Crippen molar-refractivity contribution in [3.8, 4) is 28.8 Å². The summed E-state index contributed by atoms with van der Waals surface area (Å²) < 4.78 is 63.8. The second-order valence-corrected chi connectivity index (χ2v) is 16.7. The fourth-order valence-corrected chi connectivity index (χ4v) is 8.57. The molecule has 0 bridgehead atoms. The first-order chi connectivity index (χ1) is 32.1. The predicted octanol–water partition coefficient (Wildman–Crippen LogP) is 2.63. The Bertz CT molecular complexity index is 2540. The van der Waals surface area contributed by atoms with Gasteiger partial charge in [0.2, 0.25) is 0 Å². The van der Waals surface area contributed by atoms with Crippen LogP contribution >= 0.6 is 27.7 Å². The van der Waals surface area contributed by atoms with Crippen LogP contribution in [0.1, 0.15) is 67.2 Å². The van der Waals surface area contributed by atoms with Crippen LogP contribution in [-0.2, 0) is 85.7 Å². The van der Waals surface area contributed by atoms with Gasteiger partial charge < -0.3 is 51.8 Å². The number of carbonyl (C=O) groups excluding carboxylic acids is 8. The SMILES string of the molecule is CC(=O)OC[C@H]1O[C@@H](n2c(S[C@@H]3O[C@H](COC(C)=O)[C@@H](OC(C)=O)[C@H](OC(C)=O)[C@H]3OC(C)=O)nc(-c3ncoc3-c3ccc(Br)cc3)c(C#N)c2=O)[C@H](OC(C)=O)[C@@H](OC(C)=O)[C@@H]1OC(C)=O. The summed E-state index contributed by atoms with van der Waals surface area (Å²) in [4.78, 5) is 125. The molecule has 0 radical (unpaired) electrons. The molecule has 364 valence electrons. The number of rotatable bonds is 15. The van der Waals surface area contributed by atoms with Gasteiger partial charge in [0.1, 0.15) is 48.4 Å². The van der Waals surface area contributed by atoms with Crippen molar-refractivity contribution < 1.29 is 90.1 Å². The number of hydrogen-bond acceptors (Lipinski definition) is 24. The predicted molar refractivity (Wildman–Crippen MR) is 227 cm³/mol. The van der Waals surface area contributed by atoms with Gasteiger partial charge in [-0.15, -0.1) is 0 Å². The van der Waals surface area contributed by atoms with Crippen LogP contribution in [0.2, 0.25) is 0 Å². The van der Waals surface area contributed by atoms with Gasteiger partial charge in [-0.25, -0.2) is 9.97 Å². The lowest BCUT2D eigenvalue weighted by molar-refractivity contribution is -0.270. The third-order valence-electron chi connectivity index (χ3n) is 9.48. The average Bonchev–Trinajstić information content (AvgIpc) is 3.72. The highest BCUT2D eigenvalue weighted by Gasteiger charge is 2.56. The minimum Gasteiger partial charge on any atom is -0.463 e. The molecule has 0 aliphatic carbocycles. The number of aromatic nitrogens is 3. The van der Waals surface area contributed by atoms with E-state index in [1.54, 1.807) is 24.3 Å². The van der Waals surface area contributed by atoms with Crippen molar-refractivity contribution in [3.63, 3.8) is 0 Å². The molecular weight excluding hydrogens is 992 g/mol. The summed E-state index contributed by atoms with van der Waals surface area (Å²) in [7, 11) is 0. The summed E-state index contributed by atoms with van der Waals surface area (Å²) in [5.41, 5.74) is -3.85. The van der Waals surface area contributed by atoms with Crippen molar-refractivity contribution >= 4 is 75.4 Å². The summed E-state index contributed by atoms with van der Waals surface area (Å²) in [5.74, 6) is -7.49. The van der Waals surface area contributed by atoms with Crippen LogP contribution in [0.3, 0.4) is 0 Å². The minimum atomic E-state index is -2.05. The first-order valence-corrected chi connectivity index (χ1v) is 21.8. The Labute approximate surface area is 398 Å². The molecular formula is C42H43BrN4O20S. The molecule has 0 unspecified atom stereocenters. The molecule has 2 aromatic heterocycles. The van der Waals surface area contributed by atoms with Crippen molar-refractivity contribution in [2.75, 3.05) is 13.2 Å². The van der Waals surface area contributed by atoms with E-state index in [9.17, 15) is 43.6 Å². The molecule has 0 amide bonds. The van der Waals surface area contributed by atoms with Crippen LogP contribution in [0.25, 0.3) is 22.7 Å². The number of esters is 8. The monoisotopic (exact) mass is 1030 g/mol. The van der Waals surface area contributed by atoms with Gasteiger partial charge in [0.05, 0.1) is 0 Å². The number of oxazole rings is 1. The number of ether oxygens (including phenoxy) is 10. The van der Waals surface area contributed by atoms with Gasteiger partial charge in [0.15, 0.2) is 65.6 Å². The number of thioether (sulfide) groups is 1. The van der Waals surface area contributed by atoms with Gasteiger partial charge in [-0.05, 0) is 12.1 Å². The second-order valence-electron chi connectivity index (χ2n) is 14.7. The summed E-state index contributed by atoms with van der Waals surface area (Å²) in [6, 6.07) is 8.43. The smallest absolute Gasteiger partial charge is 0.303 e. The first-order valence-electron chi connectivity index (χ1n) is 20.1. The molecule has 10 atom stereocenters. The third-order valence-corrected chi connectivity index (χ3v) is 11.1. The Kier molecular flexibility index (Phi) is 17.6. The molecule has 0 N–H and O–H groups in total. The van der Waals surface area contributed by atoms with E-state index in [0.29, 0.717) is 26.4 Å². The largest absolute Gasteiger partial charge is 0.463 e. The maximum atomic E-state index is 15.3. The molecule has 2 saturated heterocycles. The lowest BCUT2D eigenvalue weighted by Gasteiger charge is -2.45. The van der Waals surface area contributed by atoms with Crippen LogP contribution < -0.4 is 5.56 Å². The van der Waals surface area contributed by atoms with Crippen molar-refractivity contribution in [2.24, 2.45) is 0 Å². The van der Waals surface area contributed by atoms with Crippen molar-refractivity contribution in [1.82, 2.24) is 14.5 Å². The first kappa shape index (κ1) is 52.3. The quantitative estimate of drug-likeness (QED) is 0.120. The topological polar surface area (TPSA) is 314 Å². The maximum Gasteiger partial charge on any atom is 0.303 e. The maximum absolute atomic E-state index is 15.3. The zero-order chi connectivity index (χ0) is 50.1. The Morgan fingerprint density at radius 3 is 1.59 bits per heavy atom. The van der Waals surface area contributed by atoms with Gasteiger partial charge >= 0.3 is 47.8 Å². The van der Waals surface area contributed by atoms with Gasteiger partial charge in [0.25, 0.3) is 5.56 Å². The number of nitrogens with zero attached hydrogens (tertiary/aromatic N) is 4. The van der Waals surface area contributed by atoms with Crippen LogP contribution in [0.4, 0.5) is 0 Å². The van der Waals surface area contributed by atoms with E-state index < -0.39 is 143 Å². The molecule has 2 aliphatic heterocycles. The Morgan fingerprint density at radius 2 is 1.10 bits per heavy atom. The molecule has 0 saturated carbocycles. The number of hydrogen-bond donors (Lipinski definition) is 0. The van der Waals surface area contributed by atoms with E-state index in [0.717, 1.165) is 61.8 Å². The van der Waals surface area contributed by atoms with Crippen LogP contribution in [0.15, 0.2) is 49.5 Å². The third kappa shape index (κ3) is 12.8. The lowest BCUT2D eigenvalue weighted by atomic mass is 9.97. The molecule has 2 fully saturated rings. The average molecular weight is 1040 g/mol. The van der Waals surface area contributed by atoms with E-state index in [1.807, 2.05) is 6.07 Å². The van der Waals surface area contributed by atoms with Crippen molar-refractivity contribution in [1.29, 1.82) is 5.26 Å². The van der Waals surface area contributed by atoms with E-state index in [4.69, 9.17) is 56.8 Å². The molecule has 1 aromatic carbocycles. The molecule has 26 heteroatoms. The zero-order valence-corrected chi connectivity index (χ0v) is 39.7. The molecule has 5 rings (SSSR count). The molecule has 2 aliphatic rings. The Morgan fingerprint density at radius 1 is 0.647 bits per heavy atom. The van der Waals surface area contributed by atoms with Crippen LogP contribution in [-0.4, -0.2) is 130 Å². The van der Waals surface area contributed by atoms with Gasteiger partial charge in [-0.2, -0.15) is 5.26 Å². The zero-order valence-electron chi connectivity index (χ0n) is 37.3. The van der Waals surface area contributed by atoms with E-state index in [2.05, 4.69) is 20.9 Å². The highest BCUT2D eigenvalue weighted by Crippen LogP contribution is 2.42. The van der Waals surface area contributed by atoms with Crippen LogP contribution in [0, 0.1) is 11.3 Å². The molecule has 24 nitrogen and oxygen atoms in total. The molecule has 0 spiro atoms. The van der Waals surface area contributed by atoms with Gasteiger partial charge in [-0.1, -0.05) is 39.8 Å². The molecule has 3 aromatic rings.